The van der Waals surface area contributed by atoms with Crippen LogP contribution in [0.2, 0.25) is 0 Å². The van der Waals surface area contributed by atoms with Gasteiger partial charge in [0.2, 0.25) is 0 Å². The van der Waals surface area contributed by atoms with Crippen molar-refractivity contribution >= 4 is 5.82 Å². The van der Waals surface area contributed by atoms with Crippen LogP contribution in [0, 0.1) is 5.82 Å². The van der Waals surface area contributed by atoms with Gasteiger partial charge in [0.1, 0.15) is 5.75 Å². The third kappa shape index (κ3) is 2.10. The van der Waals surface area contributed by atoms with E-state index in [4.69, 9.17) is 10.5 Å². The predicted molar refractivity (Wildman–Crippen MR) is 60.8 cm³/mol. The molecule has 0 saturated carbocycles. The van der Waals surface area contributed by atoms with Crippen LogP contribution in [-0.2, 0) is 0 Å². The molecular weight excluding hydrogens is 225 g/mol. The summed E-state index contributed by atoms with van der Waals surface area (Å²) in [6.07, 6.45) is 1.01. The van der Waals surface area contributed by atoms with Crippen LogP contribution in [-0.4, -0.2) is 16.7 Å². The summed E-state index contributed by atoms with van der Waals surface area (Å²) in [5, 5.41) is 0. The third-order valence-electron chi connectivity index (χ3n) is 2.26. The standard InChI is InChI=1S/C11H10FN3O2/c1-17-8-4-2-7(3-5-8)15-6-9(12)10(13)14-11(15)16/h2-6H,1H3,(H2,13,14,16). The van der Waals surface area contributed by atoms with E-state index in [0.717, 1.165) is 10.8 Å². The second kappa shape index (κ2) is 4.25. The van der Waals surface area contributed by atoms with Crippen LogP contribution in [0.5, 0.6) is 5.75 Å². The molecule has 0 unspecified atom stereocenters. The largest absolute Gasteiger partial charge is 0.497 e. The Morgan fingerprint density at radius 2 is 2.00 bits per heavy atom. The molecule has 0 radical (unpaired) electrons. The molecule has 6 heteroatoms. The first-order valence-corrected chi connectivity index (χ1v) is 4.81. The van der Waals surface area contributed by atoms with Crippen LogP contribution in [0.1, 0.15) is 0 Å². The molecule has 1 aromatic carbocycles. The number of ether oxygens (including phenoxy) is 1. The highest BCUT2D eigenvalue weighted by atomic mass is 19.1. The molecule has 2 rings (SSSR count). The zero-order valence-corrected chi connectivity index (χ0v) is 9.05. The van der Waals surface area contributed by atoms with Gasteiger partial charge in [-0.05, 0) is 24.3 Å². The lowest BCUT2D eigenvalue weighted by molar-refractivity contribution is 0.414. The van der Waals surface area contributed by atoms with Gasteiger partial charge in [0, 0.05) is 0 Å². The Morgan fingerprint density at radius 3 is 2.59 bits per heavy atom. The van der Waals surface area contributed by atoms with Crippen LogP contribution >= 0.6 is 0 Å². The van der Waals surface area contributed by atoms with Crippen molar-refractivity contribution in [3.8, 4) is 11.4 Å². The number of benzene rings is 1. The second-order valence-corrected chi connectivity index (χ2v) is 3.32. The molecule has 0 spiro atoms. The Balaban J connectivity index is 2.52. The highest BCUT2D eigenvalue weighted by molar-refractivity contribution is 5.38. The van der Waals surface area contributed by atoms with E-state index in [2.05, 4.69) is 4.98 Å². The summed E-state index contributed by atoms with van der Waals surface area (Å²) in [6.45, 7) is 0. The summed E-state index contributed by atoms with van der Waals surface area (Å²) < 4.78 is 19.3. The predicted octanol–water partition coefficient (Wildman–Crippen LogP) is 0.962. The van der Waals surface area contributed by atoms with E-state index in [9.17, 15) is 9.18 Å². The smallest absolute Gasteiger partial charge is 0.354 e. The fourth-order valence-corrected chi connectivity index (χ4v) is 1.37. The SMILES string of the molecule is COc1ccc(-n2cc(F)c(N)nc2=O)cc1. The second-order valence-electron chi connectivity index (χ2n) is 3.32. The van der Waals surface area contributed by atoms with Gasteiger partial charge < -0.3 is 10.5 Å². The topological polar surface area (TPSA) is 70.1 Å². The minimum Gasteiger partial charge on any atom is -0.497 e. The highest BCUT2D eigenvalue weighted by Crippen LogP contribution is 2.14. The van der Waals surface area contributed by atoms with E-state index in [1.54, 1.807) is 24.3 Å². The molecule has 17 heavy (non-hydrogen) atoms. The number of aromatic nitrogens is 2. The van der Waals surface area contributed by atoms with Gasteiger partial charge in [-0.15, -0.1) is 0 Å². The number of anilines is 1. The maximum Gasteiger partial charge on any atom is 0.354 e. The average Bonchev–Trinajstić information content (AvgIpc) is 2.34. The van der Waals surface area contributed by atoms with Crippen LogP contribution in [0.15, 0.2) is 35.3 Å². The molecule has 0 aliphatic carbocycles. The van der Waals surface area contributed by atoms with Crippen molar-refractivity contribution in [3.63, 3.8) is 0 Å². The molecule has 88 valence electrons. The van der Waals surface area contributed by atoms with Crippen molar-refractivity contribution in [2.75, 3.05) is 12.8 Å². The Bertz CT molecular complexity index is 593. The Labute approximate surface area is 96.3 Å². The minimum absolute atomic E-state index is 0.403. The summed E-state index contributed by atoms with van der Waals surface area (Å²) in [5.74, 6) is -0.495. The van der Waals surface area contributed by atoms with E-state index < -0.39 is 17.3 Å². The normalized spacial score (nSPS) is 10.2. The van der Waals surface area contributed by atoms with Gasteiger partial charge in [-0.2, -0.15) is 4.98 Å². The van der Waals surface area contributed by atoms with Crippen molar-refractivity contribution in [3.05, 3.63) is 46.8 Å². The molecule has 0 atom stereocenters. The first-order valence-electron chi connectivity index (χ1n) is 4.81. The number of methoxy groups -OCH3 is 1. The van der Waals surface area contributed by atoms with E-state index >= 15 is 0 Å². The Kier molecular flexibility index (Phi) is 2.78. The van der Waals surface area contributed by atoms with Crippen molar-refractivity contribution in [2.24, 2.45) is 0 Å². The summed E-state index contributed by atoms with van der Waals surface area (Å²) in [5.41, 5.74) is 5.05. The Morgan fingerprint density at radius 1 is 1.35 bits per heavy atom. The molecule has 2 aromatic rings. The van der Waals surface area contributed by atoms with Gasteiger partial charge >= 0.3 is 5.69 Å². The molecule has 0 fully saturated rings. The minimum atomic E-state index is -0.736. The van der Waals surface area contributed by atoms with Crippen LogP contribution in [0.25, 0.3) is 5.69 Å². The average molecular weight is 235 g/mol. The zero-order chi connectivity index (χ0) is 12.4. The number of nitrogens with two attached hydrogens (primary N) is 1. The summed E-state index contributed by atoms with van der Waals surface area (Å²) >= 11 is 0. The van der Waals surface area contributed by atoms with Crippen LogP contribution in [0.3, 0.4) is 0 Å². The van der Waals surface area contributed by atoms with Crippen molar-refractivity contribution in [1.29, 1.82) is 0 Å². The number of hydrogen-bond acceptors (Lipinski definition) is 4. The summed E-state index contributed by atoms with van der Waals surface area (Å²) in [4.78, 5) is 14.9. The fraction of sp³-hybridized carbons (Fsp3) is 0.0909. The van der Waals surface area contributed by atoms with Gasteiger partial charge in [0.15, 0.2) is 11.6 Å². The van der Waals surface area contributed by atoms with Gasteiger partial charge in [-0.1, -0.05) is 0 Å². The lowest BCUT2D eigenvalue weighted by Crippen LogP contribution is -2.23. The number of hydrogen-bond donors (Lipinski definition) is 1. The molecule has 0 bridgehead atoms. The quantitative estimate of drug-likeness (QED) is 0.841. The molecule has 1 heterocycles. The van der Waals surface area contributed by atoms with Gasteiger partial charge in [0.05, 0.1) is 19.0 Å². The van der Waals surface area contributed by atoms with Crippen LogP contribution < -0.4 is 16.2 Å². The number of nitrogens with zero attached hydrogens (tertiary/aromatic N) is 2. The number of rotatable bonds is 2. The first-order chi connectivity index (χ1) is 8.11. The third-order valence-corrected chi connectivity index (χ3v) is 2.26. The van der Waals surface area contributed by atoms with E-state index in [-0.39, 0.29) is 0 Å². The highest BCUT2D eigenvalue weighted by Gasteiger charge is 2.06. The molecular formula is C11H10FN3O2. The molecule has 2 N–H and O–H groups in total. The Hall–Kier alpha value is -2.37. The lowest BCUT2D eigenvalue weighted by atomic mass is 10.3. The molecule has 0 aliphatic rings. The monoisotopic (exact) mass is 235 g/mol. The molecule has 0 saturated heterocycles. The maximum atomic E-state index is 13.2. The van der Waals surface area contributed by atoms with E-state index in [1.807, 2.05) is 0 Å². The summed E-state index contributed by atoms with van der Waals surface area (Å²) in [7, 11) is 1.53. The fourth-order valence-electron chi connectivity index (χ4n) is 1.37. The van der Waals surface area contributed by atoms with E-state index in [0.29, 0.717) is 11.4 Å². The zero-order valence-electron chi connectivity index (χ0n) is 9.05. The molecule has 0 aliphatic heterocycles. The van der Waals surface area contributed by atoms with Gasteiger partial charge in [-0.25, -0.2) is 9.18 Å². The maximum absolute atomic E-state index is 13.2. The first kappa shape index (κ1) is 11.1. The van der Waals surface area contributed by atoms with Crippen molar-refractivity contribution in [1.82, 2.24) is 9.55 Å². The number of nitrogen functional groups attached to an aromatic ring is 1. The number of halogens is 1. The van der Waals surface area contributed by atoms with Crippen molar-refractivity contribution in [2.45, 2.75) is 0 Å². The van der Waals surface area contributed by atoms with Gasteiger partial charge in [-0.3, -0.25) is 4.57 Å². The lowest BCUT2D eigenvalue weighted by Gasteiger charge is -2.06. The van der Waals surface area contributed by atoms with Gasteiger partial charge in [0.25, 0.3) is 0 Å². The molecule has 0 amide bonds. The summed E-state index contributed by atoms with van der Waals surface area (Å²) in [6, 6.07) is 6.57. The molecule has 5 nitrogen and oxygen atoms in total. The van der Waals surface area contributed by atoms with E-state index in [1.165, 1.54) is 7.11 Å². The van der Waals surface area contributed by atoms with Crippen molar-refractivity contribution < 1.29 is 9.13 Å². The molecule has 1 aromatic heterocycles. The van der Waals surface area contributed by atoms with Crippen LogP contribution in [0.4, 0.5) is 10.2 Å².